The monoisotopic (exact) mass is 393 g/mol. The van der Waals surface area contributed by atoms with Crippen LogP contribution in [0, 0.1) is 0 Å². The van der Waals surface area contributed by atoms with E-state index in [0.29, 0.717) is 34.4 Å². The first-order chi connectivity index (χ1) is 12.4. The summed E-state index contributed by atoms with van der Waals surface area (Å²) < 4.78 is 0. The van der Waals surface area contributed by atoms with E-state index in [4.69, 9.17) is 23.2 Å². The van der Waals surface area contributed by atoms with Crippen LogP contribution in [0.4, 0.5) is 5.69 Å². The van der Waals surface area contributed by atoms with Crippen molar-refractivity contribution in [2.75, 3.05) is 18.4 Å². The smallest absolute Gasteiger partial charge is 0.272 e. The molecule has 0 aliphatic rings. The Labute approximate surface area is 163 Å². The molecule has 138 valence electrons. The second kappa shape index (κ2) is 9.55. The van der Waals surface area contributed by atoms with E-state index in [0.717, 1.165) is 12.8 Å². The lowest BCUT2D eigenvalue weighted by Crippen LogP contribution is -2.33. The van der Waals surface area contributed by atoms with Crippen molar-refractivity contribution in [2.45, 2.75) is 26.7 Å². The quantitative estimate of drug-likeness (QED) is 0.726. The van der Waals surface area contributed by atoms with Gasteiger partial charge in [0.15, 0.2) is 0 Å². The molecule has 26 heavy (non-hydrogen) atoms. The lowest BCUT2D eigenvalue weighted by Gasteiger charge is -2.21. The second-order valence-corrected chi connectivity index (χ2v) is 6.71. The maximum Gasteiger partial charge on any atom is 0.272 e. The van der Waals surface area contributed by atoms with Crippen molar-refractivity contribution >= 4 is 40.7 Å². The van der Waals surface area contributed by atoms with Crippen LogP contribution in [0.15, 0.2) is 36.5 Å². The molecule has 2 amide bonds. The van der Waals surface area contributed by atoms with Crippen molar-refractivity contribution < 1.29 is 9.59 Å². The van der Waals surface area contributed by atoms with Crippen molar-refractivity contribution in [3.8, 4) is 0 Å². The molecule has 0 fully saturated rings. The number of carbonyl (C=O) groups is 2. The van der Waals surface area contributed by atoms with Crippen LogP contribution in [0.5, 0.6) is 0 Å². The summed E-state index contributed by atoms with van der Waals surface area (Å²) in [5.74, 6) is -0.536. The fourth-order valence-electron chi connectivity index (χ4n) is 2.53. The van der Waals surface area contributed by atoms with E-state index in [1.165, 1.54) is 12.3 Å². The Hall–Kier alpha value is -2.11. The molecule has 0 bridgehead atoms. The molecule has 0 saturated carbocycles. The maximum absolute atomic E-state index is 12.6. The van der Waals surface area contributed by atoms with Gasteiger partial charge >= 0.3 is 0 Å². The van der Waals surface area contributed by atoms with E-state index in [1.807, 2.05) is 13.8 Å². The van der Waals surface area contributed by atoms with Gasteiger partial charge in [-0.1, -0.05) is 37.0 Å². The predicted molar refractivity (Wildman–Crippen MR) is 105 cm³/mol. The summed E-state index contributed by atoms with van der Waals surface area (Å²) in [6.45, 7) is 5.35. The van der Waals surface area contributed by atoms with Crippen molar-refractivity contribution in [2.24, 2.45) is 0 Å². The minimum absolute atomic E-state index is 0.172. The number of hydrogen-bond donors (Lipinski definition) is 1. The van der Waals surface area contributed by atoms with Crippen LogP contribution in [0.2, 0.25) is 10.0 Å². The van der Waals surface area contributed by atoms with E-state index in [-0.39, 0.29) is 17.5 Å². The minimum atomic E-state index is -0.364. The number of pyridine rings is 1. The first kappa shape index (κ1) is 20.2. The van der Waals surface area contributed by atoms with E-state index < -0.39 is 0 Å². The van der Waals surface area contributed by atoms with Gasteiger partial charge in [-0.15, -0.1) is 0 Å². The Morgan fingerprint density at radius 1 is 1.04 bits per heavy atom. The lowest BCUT2D eigenvalue weighted by molar-refractivity contribution is 0.0749. The number of nitrogens with one attached hydrogen (secondary N) is 1. The fraction of sp³-hybridized carbons (Fsp3) is 0.316. The SMILES string of the molecule is CCCN(CCC)C(=O)c1cc(C(=O)Nc2cc(Cl)cc(Cl)c2)ccn1. The zero-order valence-electron chi connectivity index (χ0n) is 14.8. The molecule has 0 saturated heterocycles. The molecule has 0 aliphatic carbocycles. The number of hydrogen-bond acceptors (Lipinski definition) is 3. The molecule has 0 aliphatic heterocycles. The van der Waals surface area contributed by atoms with Crippen molar-refractivity contribution in [1.29, 1.82) is 0 Å². The number of carbonyl (C=O) groups excluding carboxylic acids is 2. The van der Waals surface area contributed by atoms with Gasteiger partial charge < -0.3 is 10.2 Å². The van der Waals surface area contributed by atoms with Crippen LogP contribution < -0.4 is 5.32 Å². The van der Waals surface area contributed by atoms with Crippen LogP contribution in [-0.2, 0) is 0 Å². The first-order valence-corrected chi connectivity index (χ1v) is 9.23. The van der Waals surface area contributed by atoms with Gasteiger partial charge in [0.2, 0.25) is 0 Å². The molecule has 5 nitrogen and oxygen atoms in total. The van der Waals surface area contributed by atoms with E-state index >= 15 is 0 Å². The second-order valence-electron chi connectivity index (χ2n) is 5.83. The highest BCUT2D eigenvalue weighted by molar-refractivity contribution is 6.35. The molecular formula is C19H21Cl2N3O2. The minimum Gasteiger partial charge on any atom is -0.337 e. The maximum atomic E-state index is 12.6. The van der Waals surface area contributed by atoms with Gasteiger partial charge in [-0.2, -0.15) is 0 Å². The Kier molecular flexibility index (Phi) is 7.42. The molecule has 0 unspecified atom stereocenters. The van der Waals surface area contributed by atoms with Gasteiger partial charge in [0, 0.05) is 40.6 Å². The third-order valence-corrected chi connectivity index (χ3v) is 4.07. The van der Waals surface area contributed by atoms with Gasteiger partial charge in [0.25, 0.3) is 11.8 Å². The average molecular weight is 394 g/mol. The number of halogens is 2. The average Bonchev–Trinajstić information content (AvgIpc) is 2.60. The number of nitrogens with zero attached hydrogens (tertiary/aromatic N) is 2. The zero-order valence-corrected chi connectivity index (χ0v) is 16.3. The third kappa shape index (κ3) is 5.44. The molecule has 1 N–H and O–H groups in total. The fourth-order valence-corrected chi connectivity index (χ4v) is 3.06. The number of anilines is 1. The molecule has 1 aromatic heterocycles. The van der Waals surface area contributed by atoms with Gasteiger partial charge in [-0.3, -0.25) is 14.6 Å². The van der Waals surface area contributed by atoms with Gasteiger partial charge in [0.05, 0.1) is 0 Å². The molecule has 1 heterocycles. The highest BCUT2D eigenvalue weighted by Crippen LogP contribution is 2.23. The van der Waals surface area contributed by atoms with Crippen molar-refractivity contribution in [3.63, 3.8) is 0 Å². The summed E-state index contributed by atoms with van der Waals surface area (Å²) in [5, 5.41) is 3.57. The zero-order chi connectivity index (χ0) is 19.1. The first-order valence-electron chi connectivity index (χ1n) is 8.47. The van der Waals surface area contributed by atoms with Gasteiger partial charge in [0.1, 0.15) is 5.69 Å². The summed E-state index contributed by atoms with van der Waals surface area (Å²) >= 11 is 11.9. The number of aromatic nitrogens is 1. The normalized spacial score (nSPS) is 10.5. The Bertz CT molecular complexity index is 770. The lowest BCUT2D eigenvalue weighted by atomic mass is 10.2. The standard InChI is InChI=1S/C19H21Cl2N3O2/c1-3-7-24(8-4-2)19(26)17-9-13(5-6-22-17)18(25)23-16-11-14(20)10-15(21)12-16/h5-6,9-12H,3-4,7-8H2,1-2H3,(H,23,25). The van der Waals surface area contributed by atoms with E-state index in [1.54, 1.807) is 29.2 Å². The summed E-state index contributed by atoms with van der Waals surface area (Å²) in [4.78, 5) is 31.0. The Morgan fingerprint density at radius 3 is 2.23 bits per heavy atom. The van der Waals surface area contributed by atoms with Gasteiger partial charge in [-0.05, 0) is 43.2 Å². The molecule has 0 radical (unpaired) electrons. The van der Waals surface area contributed by atoms with Crippen molar-refractivity contribution in [1.82, 2.24) is 9.88 Å². The van der Waals surface area contributed by atoms with E-state index in [9.17, 15) is 9.59 Å². The van der Waals surface area contributed by atoms with Crippen LogP contribution in [0.1, 0.15) is 47.5 Å². The molecular weight excluding hydrogens is 373 g/mol. The van der Waals surface area contributed by atoms with Crippen LogP contribution in [0.3, 0.4) is 0 Å². The number of rotatable bonds is 7. The third-order valence-electron chi connectivity index (χ3n) is 3.64. The van der Waals surface area contributed by atoms with Crippen LogP contribution in [-0.4, -0.2) is 34.8 Å². The molecule has 7 heteroatoms. The summed E-state index contributed by atoms with van der Waals surface area (Å²) in [6.07, 6.45) is 3.19. The highest BCUT2D eigenvalue weighted by atomic mass is 35.5. The van der Waals surface area contributed by atoms with Crippen molar-refractivity contribution in [3.05, 3.63) is 57.8 Å². The molecule has 0 atom stereocenters. The largest absolute Gasteiger partial charge is 0.337 e. The number of amides is 2. The topological polar surface area (TPSA) is 62.3 Å². The number of benzene rings is 1. The van der Waals surface area contributed by atoms with Gasteiger partial charge in [-0.25, -0.2) is 0 Å². The summed E-state index contributed by atoms with van der Waals surface area (Å²) in [6, 6.07) is 7.84. The van der Waals surface area contributed by atoms with E-state index in [2.05, 4.69) is 10.3 Å². The Balaban J connectivity index is 2.19. The molecule has 2 rings (SSSR count). The summed E-state index contributed by atoms with van der Waals surface area (Å²) in [5.41, 5.74) is 1.08. The molecule has 2 aromatic rings. The van der Waals surface area contributed by atoms with Crippen LogP contribution in [0.25, 0.3) is 0 Å². The van der Waals surface area contributed by atoms with Crippen LogP contribution >= 0.6 is 23.2 Å². The Morgan fingerprint density at radius 2 is 1.65 bits per heavy atom. The predicted octanol–water partition coefficient (Wildman–Crippen LogP) is 4.90. The highest BCUT2D eigenvalue weighted by Gasteiger charge is 2.17. The summed E-state index contributed by atoms with van der Waals surface area (Å²) in [7, 11) is 0. The molecule has 1 aromatic carbocycles. The molecule has 0 spiro atoms.